The smallest absolute Gasteiger partial charge is 0.254 e. The lowest BCUT2D eigenvalue weighted by Crippen LogP contribution is -2.21. The van der Waals surface area contributed by atoms with Crippen LogP contribution in [0.2, 0.25) is 0 Å². The Hall–Kier alpha value is -3.53. The summed E-state index contributed by atoms with van der Waals surface area (Å²) in [5.74, 6) is 0.435. The number of rotatable bonds is 8. The number of pyridine rings is 1. The van der Waals surface area contributed by atoms with E-state index in [1.807, 2.05) is 24.5 Å². The van der Waals surface area contributed by atoms with Gasteiger partial charge >= 0.3 is 0 Å². The molecule has 1 unspecified atom stereocenters. The Kier molecular flexibility index (Phi) is 6.60. The van der Waals surface area contributed by atoms with Crippen molar-refractivity contribution in [1.82, 2.24) is 30.5 Å². The number of nitrogens with one attached hydrogen (secondary N) is 3. The van der Waals surface area contributed by atoms with Crippen LogP contribution in [0.25, 0.3) is 22.2 Å². The molecule has 164 valence electrons. The first kappa shape index (κ1) is 21.7. The SMILES string of the molecule is CNC(=O)c1c(F)cnc2c(C(CNc3cc(-c4cn[nH]c4)ncn3)CSC)cccc12. The molecule has 1 atom stereocenters. The summed E-state index contributed by atoms with van der Waals surface area (Å²) in [4.78, 5) is 25.2. The number of anilines is 1. The van der Waals surface area contributed by atoms with Crippen LogP contribution in [-0.2, 0) is 0 Å². The van der Waals surface area contributed by atoms with Crippen molar-refractivity contribution in [1.29, 1.82) is 0 Å². The van der Waals surface area contributed by atoms with E-state index in [2.05, 4.69) is 35.8 Å². The second-order valence-corrected chi connectivity index (χ2v) is 8.02. The van der Waals surface area contributed by atoms with Crippen LogP contribution in [0.1, 0.15) is 21.8 Å². The van der Waals surface area contributed by atoms with Crippen LogP contribution in [0.4, 0.5) is 10.2 Å². The Bertz CT molecular complexity index is 1230. The van der Waals surface area contributed by atoms with Gasteiger partial charge in [-0.25, -0.2) is 14.4 Å². The minimum atomic E-state index is -0.638. The van der Waals surface area contributed by atoms with E-state index < -0.39 is 11.7 Å². The lowest BCUT2D eigenvalue weighted by molar-refractivity contribution is 0.0961. The summed E-state index contributed by atoms with van der Waals surface area (Å²) in [5, 5.41) is 13.1. The zero-order valence-electron chi connectivity index (χ0n) is 17.6. The number of amides is 1. The standard InChI is InChI=1S/C22H22FN7OS/c1-24-22(31)20-16-5-3-4-15(21(16)26-10-17(20)23)14(11-32-2)7-25-19-6-18(27-12-28-19)13-8-29-30-9-13/h3-6,8-10,12,14H,7,11H2,1-2H3,(H,24,31)(H,29,30)(H,25,27,28). The van der Waals surface area contributed by atoms with Crippen LogP contribution in [0.5, 0.6) is 0 Å². The summed E-state index contributed by atoms with van der Waals surface area (Å²) in [5.41, 5.74) is 3.21. The summed E-state index contributed by atoms with van der Waals surface area (Å²) < 4.78 is 14.4. The monoisotopic (exact) mass is 451 g/mol. The van der Waals surface area contributed by atoms with E-state index in [1.54, 1.807) is 30.2 Å². The maximum Gasteiger partial charge on any atom is 0.254 e. The van der Waals surface area contributed by atoms with Crippen LogP contribution in [0, 0.1) is 5.82 Å². The predicted octanol–water partition coefficient (Wildman–Crippen LogP) is 3.47. The van der Waals surface area contributed by atoms with Gasteiger partial charge in [0, 0.05) is 48.5 Å². The largest absolute Gasteiger partial charge is 0.369 e. The molecule has 4 aromatic rings. The summed E-state index contributed by atoms with van der Waals surface area (Å²) in [6.45, 7) is 0.580. The van der Waals surface area contributed by atoms with Gasteiger partial charge in [0.05, 0.1) is 29.2 Å². The lowest BCUT2D eigenvalue weighted by Gasteiger charge is -2.20. The normalized spacial score (nSPS) is 12.0. The average molecular weight is 452 g/mol. The van der Waals surface area contributed by atoms with Crippen LogP contribution in [0.3, 0.4) is 0 Å². The van der Waals surface area contributed by atoms with Gasteiger partial charge in [-0.2, -0.15) is 16.9 Å². The van der Waals surface area contributed by atoms with Crippen LogP contribution in [0.15, 0.2) is 49.2 Å². The zero-order chi connectivity index (χ0) is 22.5. The van der Waals surface area contributed by atoms with E-state index >= 15 is 0 Å². The number of carbonyl (C=O) groups is 1. The molecule has 3 heterocycles. The van der Waals surface area contributed by atoms with E-state index in [4.69, 9.17) is 0 Å². The number of nitrogens with zero attached hydrogens (tertiary/aromatic N) is 4. The molecule has 0 aliphatic heterocycles. The third-order valence-corrected chi connectivity index (χ3v) is 5.87. The first-order valence-corrected chi connectivity index (χ1v) is 11.3. The minimum absolute atomic E-state index is 0.00997. The Morgan fingerprint density at radius 3 is 2.88 bits per heavy atom. The fourth-order valence-electron chi connectivity index (χ4n) is 3.60. The number of para-hydroxylation sites is 1. The van der Waals surface area contributed by atoms with Crippen LogP contribution in [-0.4, -0.2) is 56.7 Å². The molecule has 1 amide bonds. The molecule has 3 aromatic heterocycles. The van der Waals surface area contributed by atoms with Gasteiger partial charge in [-0.1, -0.05) is 18.2 Å². The van der Waals surface area contributed by atoms with Crippen molar-refractivity contribution in [2.45, 2.75) is 5.92 Å². The first-order valence-electron chi connectivity index (χ1n) is 9.95. The van der Waals surface area contributed by atoms with Gasteiger partial charge in [0.25, 0.3) is 5.91 Å². The number of H-pyrrole nitrogens is 1. The molecule has 0 aliphatic carbocycles. The average Bonchev–Trinajstić information content (AvgIpc) is 3.36. The fourth-order valence-corrected chi connectivity index (χ4v) is 4.30. The van der Waals surface area contributed by atoms with E-state index in [0.717, 1.165) is 28.8 Å². The number of hydrogen-bond donors (Lipinski definition) is 3. The molecule has 3 N–H and O–H groups in total. The highest BCUT2D eigenvalue weighted by Crippen LogP contribution is 2.30. The Labute approximate surface area is 188 Å². The quantitative estimate of drug-likeness (QED) is 0.376. The number of aromatic nitrogens is 5. The molecule has 32 heavy (non-hydrogen) atoms. The first-order chi connectivity index (χ1) is 15.6. The van der Waals surface area contributed by atoms with Crippen molar-refractivity contribution in [2.24, 2.45) is 0 Å². The lowest BCUT2D eigenvalue weighted by atomic mass is 9.95. The molecular weight excluding hydrogens is 429 g/mol. The number of carbonyl (C=O) groups excluding carboxylic acids is 1. The summed E-state index contributed by atoms with van der Waals surface area (Å²) in [6.07, 6.45) is 8.12. The second kappa shape index (κ2) is 9.73. The number of halogens is 1. The van der Waals surface area contributed by atoms with E-state index in [9.17, 15) is 9.18 Å². The van der Waals surface area contributed by atoms with Crippen molar-refractivity contribution >= 4 is 34.4 Å². The van der Waals surface area contributed by atoms with Gasteiger partial charge in [-0.05, 0) is 11.8 Å². The maximum absolute atomic E-state index is 14.4. The third-order valence-electron chi connectivity index (χ3n) is 5.13. The highest BCUT2D eigenvalue weighted by Gasteiger charge is 2.21. The minimum Gasteiger partial charge on any atom is -0.369 e. The molecule has 0 radical (unpaired) electrons. The number of benzene rings is 1. The Morgan fingerprint density at radius 2 is 2.12 bits per heavy atom. The molecular formula is C22H22FN7OS. The van der Waals surface area contributed by atoms with Crippen molar-refractivity contribution in [3.8, 4) is 11.3 Å². The summed E-state index contributed by atoms with van der Waals surface area (Å²) >= 11 is 1.70. The van der Waals surface area contributed by atoms with E-state index in [1.165, 1.54) is 13.4 Å². The van der Waals surface area contributed by atoms with Gasteiger partial charge in [-0.15, -0.1) is 0 Å². The molecule has 10 heteroatoms. The molecule has 4 rings (SSSR count). The zero-order valence-corrected chi connectivity index (χ0v) is 18.4. The second-order valence-electron chi connectivity index (χ2n) is 7.11. The van der Waals surface area contributed by atoms with Gasteiger partial charge in [0.1, 0.15) is 12.1 Å². The van der Waals surface area contributed by atoms with Crippen molar-refractivity contribution in [3.05, 3.63) is 66.1 Å². The topological polar surface area (TPSA) is 108 Å². The van der Waals surface area contributed by atoms with Crippen molar-refractivity contribution < 1.29 is 9.18 Å². The molecule has 0 spiro atoms. The highest BCUT2D eigenvalue weighted by molar-refractivity contribution is 7.98. The number of thioether (sulfide) groups is 1. The maximum atomic E-state index is 14.4. The molecule has 0 aliphatic rings. The molecule has 0 saturated carbocycles. The number of aromatic amines is 1. The van der Waals surface area contributed by atoms with Gasteiger partial charge in [0.15, 0.2) is 5.82 Å². The van der Waals surface area contributed by atoms with Gasteiger partial charge < -0.3 is 10.6 Å². The predicted molar refractivity (Wildman–Crippen MR) is 124 cm³/mol. The van der Waals surface area contributed by atoms with Crippen molar-refractivity contribution in [3.63, 3.8) is 0 Å². The van der Waals surface area contributed by atoms with Crippen molar-refractivity contribution in [2.75, 3.05) is 30.9 Å². The highest BCUT2D eigenvalue weighted by atomic mass is 32.2. The molecule has 0 bridgehead atoms. The van der Waals surface area contributed by atoms with Gasteiger partial charge in [-0.3, -0.25) is 14.9 Å². The molecule has 1 aromatic carbocycles. The van der Waals surface area contributed by atoms with E-state index in [-0.39, 0.29) is 11.5 Å². The molecule has 0 saturated heterocycles. The Balaban J connectivity index is 1.65. The Morgan fingerprint density at radius 1 is 1.25 bits per heavy atom. The number of fused-ring (bicyclic) bond motifs is 1. The summed E-state index contributed by atoms with van der Waals surface area (Å²) in [7, 11) is 1.48. The third kappa shape index (κ3) is 4.40. The molecule has 0 fully saturated rings. The van der Waals surface area contributed by atoms with Crippen LogP contribution < -0.4 is 10.6 Å². The molecule has 8 nitrogen and oxygen atoms in total. The summed E-state index contributed by atoms with van der Waals surface area (Å²) in [6, 6.07) is 7.40. The van der Waals surface area contributed by atoms with Crippen LogP contribution >= 0.6 is 11.8 Å². The van der Waals surface area contributed by atoms with Gasteiger partial charge in [0.2, 0.25) is 0 Å². The fraction of sp³-hybridized carbons (Fsp3) is 0.227. The number of hydrogen-bond acceptors (Lipinski definition) is 7. The van der Waals surface area contributed by atoms with E-state index in [0.29, 0.717) is 23.3 Å².